The molecule has 0 saturated heterocycles. The van der Waals surface area contributed by atoms with E-state index in [1.54, 1.807) is 51.0 Å². The van der Waals surface area contributed by atoms with Gasteiger partial charge >= 0.3 is 6.04 Å². The number of benzene rings is 1. The minimum absolute atomic E-state index is 0.00968. The molecule has 6 nitrogen and oxygen atoms in total. The van der Waals surface area contributed by atoms with Gasteiger partial charge in [0, 0.05) is 16.1 Å². The Morgan fingerprint density at radius 2 is 1.86 bits per heavy atom. The lowest BCUT2D eigenvalue weighted by molar-refractivity contribution is -0.501. The molecule has 0 bridgehead atoms. The van der Waals surface area contributed by atoms with E-state index in [-0.39, 0.29) is 17.0 Å². The van der Waals surface area contributed by atoms with Crippen molar-refractivity contribution < 1.29 is 14.5 Å². The Morgan fingerprint density at radius 3 is 2.33 bits per heavy atom. The highest BCUT2D eigenvalue weighted by Gasteiger charge is 2.42. The monoisotopic (exact) mass is 288 g/mol. The van der Waals surface area contributed by atoms with Crippen LogP contribution in [0.25, 0.3) is 11.3 Å². The number of fused-ring (bicyclic) bond motifs is 1. The van der Waals surface area contributed by atoms with Crippen LogP contribution in [0.3, 0.4) is 0 Å². The number of hydrogen-bond acceptors (Lipinski definition) is 5. The Morgan fingerprint density at radius 1 is 1.29 bits per heavy atom. The first-order chi connectivity index (χ1) is 9.76. The number of nitrogens with two attached hydrogens (primary N) is 1. The van der Waals surface area contributed by atoms with E-state index in [1.807, 2.05) is 0 Å². The van der Waals surface area contributed by atoms with Gasteiger partial charge in [0.2, 0.25) is 0 Å². The van der Waals surface area contributed by atoms with Gasteiger partial charge in [-0.3, -0.25) is 10.1 Å². The molecule has 2 rings (SSSR count). The van der Waals surface area contributed by atoms with Crippen LogP contribution < -0.4 is 5.73 Å². The second kappa shape index (κ2) is 5.07. The van der Waals surface area contributed by atoms with E-state index in [4.69, 9.17) is 10.5 Å². The number of nitro groups is 1. The molecule has 0 radical (unpaired) electrons. The summed E-state index contributed by atoms with van der Waals surface area (Å²) in [7, 11) is 0. The van der Waals surface area contributed by atoms with E-state index in [1.165, 1.54) is 0 Å². The topological polar surface area (TPSA) is 95.5 Å². The highest BCUT2D eigenvalue weighted by atomic mass is 16.6. The van der Waals surface area contributed by atoms with Gasteiger partial charge < -0.3 is 10.5 Å². The number of ether oxygens (including phenoxy) is 1. The van der Waals surface area contributed by atoms with E-state index < -0.39 is 16.6 Å². The van der Waals surface area contributed by atoms with Gasteiger partial charge in [-0.15, -0.1) is 0 Å². The van der Waals surface area contributed by atoms with Crippen LogP contribution in [0, 0.1) is 10.1 Å². The van der Waals surface area contributed by atoms with Crippen molar-refractivity contribution in [2.45, 2.75) is 32.4 Å². The summed E-state index contributed by atoms with van der Waals surface area (Å²) in [5, 5.41) is 11.4. The zero-order valence-electron chi connectivity index (χ0n) is 12.0. The molecule has 1 unspecified atom stereocenters. The Hall–Kier alpha value is -2.59. The standard InChI is InChI=1S/C15H16N2O4/c1-15(2,3)21-14-12(16)10-7-5-4-6-9(10)11(8-18)13(14)17(19)20/h4-7,13H,16H2,1-3H3. The first-order valence-corrected chi connectivity index (χ1v) is 6.43. The van der Waals surface area contributed by atoms with Crippen LogP contribution in [0.5, 0.6) is 0 Å². The summed E-state index contributed by atoms with van der Waals surface area (Å²) < 4.78 is 5.67. The first kappa shape index (κ1) is 14.8. The number of rotatable bonds is 2. The second-order valence-electron chi connectivity index (χ2n) is 5.74. The van der Waals surface area contributed by atoms with Gasteiger partial charge in [0.25, 0.3) is 0 Å². The van der Waals surface area contributed by atoms with Gasteiger partial charge in [0.1, 0.15) is 17.1 Å². The summed E-state index contributed by atoms with van der Waals surface area (Å²) in [4.78, 5) is 22.1. The molecule has 1 aromatic carbocycles. The third-order valence-electron chi connectivity index (χ3n) is 3.03. The molecule has 0 spiro atoms. The Balaban J connectivity index is 2.74. The third kappa shape index (κ3) is 2.66. The smallest absolute Gasteiger partial charge is 0.307 e. The Labute approximate surface area is 122 Å². The molecule has 0 fully saturated rings. The predicted octanol–water partition coefficient (Wildman–Crippen LogP) is 2.00. The average Bonchev–Trinajstić information content (AvgIpc) is 2.39. The van der Waals surface area contributed by atoms with Gasteiger partial charge in [-0.1, -0.05) is 24.3 Å². The lowest BCUT2D eigenvalue weighted by Gasteiger charge is -2.29. The minimum Gasteiger partial charge on any atom is -0.483 e. The summed E-state index contributed by atoms with van der Waals surface area (Å²) in [5.41, 5.74) is 6.47. The Kier molecular flexibility index (Phi) is 3.58. The maximum atomic E-state index is 11.4. The van der Waals surface area contributed by atoms with Crippen LogP contribution >= 0.6 is 0 Å². The summed E-state index contributed by atoms with van der Waals surface area (Å²) >= 11 is 0. The molecule has 6 heteroatoms. The van der Waals surface area contributed by atoms with Gasteiger partial charge in [0.05, 0.1) is 5.70 Å². The molecule has 21 heavy (non-hydrogen) atoms. The molecule has 0 heterocycles. The van der Waals surface area contributed by atoms with Crippen molar-refractivity contribution in [3.8, 4) is 0 Å². The molecular formula is C15H16N2O4. The fourth-order valence-electron chi connectivity index (χ4n) is 2.26. The Bertz CT molecular complexity index is 679. The fourth-order valence-corrected chi connectivity index (χ4v) is 2.26. The molecule has 1 atom stereocenters. The molecule has 0 aromatic heterocycles. The van der Waals surface area contributed by atoms with Crippen molar-refractivity contribution in [2.24, 2.45) is 5.73 Å². The quantitative estimate of drug-likeness (QED) is 0.510. The van der Waals surface area contributed by atoms with Crippen molar-refractivity contribution in [3.63, 3.8) is 0 Å². The molecule has 110 valence electrons. The van der Waals surface area contributed by atoms with Gasteiger partial charge in [-0.25, -0.2) is 4.79 Å². The molecule has 0 saturated carbocycles. The van der Waals surface area contributed by atoms with Crippen LogP contribution in [-0.2, 0) is 9.53 Å². The molecule has 1 aromatic rings. The average molecular weight is 288 g/mol. The second-order valence-corrected chi connectivity index (χ2v) is 5.74. The summed E-state index contributed by atoms with van der Waals surface area (Å²) in [6.07, 6.45) is 0. The van der Waals surface area contributed by atoms with Crippen molar-refractivity contribution in [1.29, 1.82) is 0 Å². The van der Waals surface area contributed by atoms with Crippen molar-refractivity contribution in [3.05, 3.63) is 51.3 Å². The molecule has 1 aliphatic rings. The number of carbonyl (C=O) groups excluding carboxylic acids is 1. The highest BCUT2D eigenvalue weighted by molar-refractivity contribution is 5.98. The van der Waals surface area contributed by atoms with Crippen LogP contribution in [0.15, 0.2) is 30.0 Å². The number of nitrogens with zero attached hydrogens (tertiary/aromatic N) is 1. The normalized spacial score (nSPS) is 18.0. The third-order valence-corrected chi connectivity index (χ3v) is 3.03. The van der Waals surface area contributed by atoms with Crippen LogP contribution in [0.4, 0.5) is 0 Å². The van der Waals surface area contributed by atoms with Crippen LogP contribution in [-0.4, -0.2) is 22.5 Å². The van der Waals surface area contributed by atoms with Gasteiger partial charge in [-0.2, -0.15) is 0 Å². The molecular weight excluding hydrogens is 272 g/mol. The maximum Gasteiger partial charge on any atom is 0.307 e. The van der Waals surface area contributed by atoms with E-state index in [0.29, 0.717) is 11.1 Å². The van der Waals surface area contributed by atoms with Gasteiger partial charge in [-0.05, 0) is 20.8 Å². The number of hydrogen-bond donors (Lipinski definition) is 1. The molecule has 0 amide bonds. The van der Waals surface area contributed by atoms with E-state index in [2.05, 4.69) is 0 Å². The van der Waals surface area contributed by atoms with E-state index in [9.17, 15) is 14.9 Å². The predicted molar refractivity (Wildman–Crippen MR) is 78.3 cm³/mol. The lowest BCUT2D eigenvalue weighted by Crippen LogP contribution is -2.35. The van der Waals surface area contributed by atoms with E-state index in [0.717, 1.165) is 0 Å². The minimum atomic E-state index is -1.43. The molecule has 1 aliphatic carbocycles. The SMILES string of the molecule is CC(C)(C)OC1=C(N)c2ccccc2C(=C=O)C1[N+](=O)[O-]. The molecule has 0 aliphatic heterocycles. The largest absolute Gasteiger partial charge is 0.483 e. The van der Waals surface area contributed by atoms with Crippen molar-refractivity contribution in [2.75, 3.05) is 0 Å². The van der Waals surface area contributed by atoms with Gasteiger partial charge in [0.15, 0.2) is 5.76 Å². The van der Waals surface area contributed by atoms with Crippen LogP contribution in [0.1, 0.15) is 31.9 Å². The summed E-state index contributed by atoms with van der Waals surface area (Å²) in [5.74, 6) is 1.67. The van der Waals surface area contributed by atoms with E-state index >= 15 is 0 Å². The van der Waals surface area contributed by atoms with Crippen LogP contribution in [0.2, 0.25) is 0 Å². The highest BCUT2D eigenvalue weighted by Crippen LogP contribution is 2.38. The zero-order valence-corrected chi connectivity index (χ0v) is 12.0. The first-order valence-electron chi connectivity index (χ1n) is 6.43. The summed E-state index contributed by atoms with van der Waals surface area (Å²) in [6, 6.07) is 5.32. The maximum absolute atomic E-state index is 11.4. The zero-order chi connectivity index (χ0) is 15.8. The molecule has 2 N–H and O–H groups in total. The summed E-state index contributed by atoms with van der Waals surface area (Å²) in [6.45, 7) is 5.28. The fraction of sp³-hybridized carbons (Fsp3) is 0.333. The lowest BCUT2D eigenvalue weighted by atomic mass is 9.86. The van der Waals surface area contributed by atoms with Crippen molar-refractivity contribution in [1.82, 2.24) is 0 Å². The van der Waals surface area contributed by atoms with Crippen molar-refractivity contribution >= 4 is 17.2 Å².